The second-order valence-electron chi connectivity index (χ2n) is 8.70. The Bertz CT molecular complexity index is 979. The molecular formula is C25H29N3OS. The van der Waals surface area contributed by atoms with Crippen molar-refractivity contribution in [1.29, 1.82) is 5.26 Å². The van der Waals surface area contributed by atoms with Crippen molar-refractivity contribution in [2.75, 3.05) is 4.90 Å². The monoisotopic (exact) mass is 419 g/mol. The second-order valence-corrected chi connectivity index (χ2v) is 9.12. The first-order chi connectivity index (χ1) is 14.3. The van der Waals surface area contributed by atoms with Crippen molar-refractivity contribution in [3.05, 3.63) is 75.8 Å². The van der Waals surface area contributed by atoms with E-state index in [0.717, 1.165) is 30.5 Å². The molecule has 0 saturated heterocycles. The van der Waals surface area contributed by atoms with E-state index in [-0.39, 0.29) is 11.0 Å². The van der Waals surface area contributed by atoms with Crippen molar-refractivity contribution >= 4 is 24.2 Å². The molecule has 1 unspecified atom stereocenters. The van der Waals surface area contributed by atoms with E-state index in [9.17, 15) is 10.1 Å². The van der Waals surface area contributed by atoms with E-state index in [1.54, 1.807) is 0 Å². The number of carbonyl (C=O) groups excluding carboxylic acids is 1. The maximum Gasteiger partial charge on any atom is 0.266 e. The quantitative estimate of drug-likeness (QED) is 0.618. The van der Waals surface area contributed by atoms with Crippen LogP contribution in [0.1, 0.15) is 63.4 Å². The molecule has 30 heavy (non-hydrogen) atoms. The average Bonchev–Trinajstić information content (AvgIpc) is 2.72. The van der Waals surface area contributed by atoms with Crippen molar-refractivity contribution in [1.82, 2.24) is 5.32 Å². The highest BCUT2D eigenvalue weighted by Crippen LogP contribution is 2.36. The number of hydrogen-bond acceptors (Lipinski definition) is 4. The van der Waals surface area contributed by atoms with Gasteiger partial charge >= 0.3 is 0 Å². The molecule has 2 aromatic rings. The Hall–Kier alpha value is -2.71. The lowest BCUT2D eigenvalue weighted by Crippen LogP contribution is -2.46. The Morgan fingerprint density at radius 3 is 2.27 bits per heavy atom. The third-order valence-corrected chi connectivity index (χ3v) is 5.88. The minimum absolute atomic E-state index is 0.0240. The third-order valence-electron chi connectivity index (χ3n) is 5.44. The van der Waals surface area contributed by atoms with Gasteiger partial charge in [0.1, 0.15) is 17.8 Å². The summed E-state index contributed by atoms with van der Waals surface area (Å²) in [5.74, 6) is -0.400. The van der Waals surface area contributed by atoms with Gasteiger partial charge in [0, 0.05) is 5.69 Å². The smallest absolute Gasteiger partial charge is 0.266 e. The first-order valence-corrected chi connectivity index (χ1v) is 10.8. The van der Waals surface area contributed by atoms with E-state index in [2.05, 4.69) is 69.9 Å². The van der Waals surface area contributed by atoms with Gasteiger partial charge in [-0.1, -0.05) is 70.5 Å². The van der Waals surface area contributed by atoms with Crippen LogP contribution in [-0.2, 0) is 16.6 Å². The fraction of sp³-hybridized carbons (Fsp3) is 0.360. The zero-order chi connectivity index (χ0) is 21.9. The van der Waals surface area contributed by atoms with Gasteiger partial charge in [-0.25, -0.2) is 0 Å². The number of amides is 1. The predicted molar refractivity (Wildman–Crippen MR) is 125 cm³/mol. The van der Waals surface area contributed by atoms with Gasteiger partial charge < -0.3 is 10.2 Å². The van der Waals surface area contributed by atoms with Crippen LogP contribution in [0.5, 0.6) is 0 Å². The van der Waals surface area contributed by atoms with Crippen molar-refractivity contribution < 1.29 is 4.79 Å². The van der Waals surface area contributed by atoms with E-state index in [0.29, 0.717) is 5.03 Å². The van der Waals surface area contributed by atoms with Crippen LogP contribution in [0.2, 0.25) is 0 Å². The molecule has 0 spiro atoms. The van der Waals surface area contributed by atoms with Crippen molar-refractivity contribution in [3.8, 4) is 6.07 Å². The minimum atomic E-state index is -0.433. The number of nitriles is 1. The highest BCUT2D eigenvalue weighted by atomic mass is 32.1. The van der Waals surface area contributed by atoms with E-state index in [1.165, 1.54) is 11.1 Å². The molecule has 0 aromatic heterocycles. The van der Waals surface area contributed by atoms with Crippen LogP contribution in [0.3, 0.4) is 0 Å². The van der Waals surface area contributed by atoms with Gasteiger partial charge in [0.25, 0.3) is 5.91 Å². The van der Waals surface area contributed by atoms with Gasteiger partial charge in [0.2, 0.25) is 0 Å². The summed E-state index contributed by atoms with van der Waals surface area (Å²) in [7, 11) is 0. The number of anilines is 1. The summed E-state index contributed by atoms with van der Waals surface area (Å²) in [5.41, 5.74) is 4.39. The van der Waals surface area contributed by atoms with Gasteiger partial charge in [-0.15, -0.1) is 12.6 Å². The molecular weight excluding hydrogens is 390 g/mol. The summed E-state index contributed by atoms with van der Waals surface area (Å²) in [5, 5.41) is 12.8. The average molecular weight is 420 g/mol. The Labute approximate surface area is 185 Å². The zero-order valence-electron chi connectivity index (χ0n) is 18.1. The molecule has 3 rings (SSSR count). The highest BCUT2D eigenvalue weighted by molar-refractivity contribution is 7.84. The fourth-order valence-electron chi connectivity index (χ4n) is 3.58. The lowest BCUT2D eigenvalue weighted by molar-refractivity contribution is -0.118. The summed E-state index contributed by atoms with van der Waals surface area (Å²) >= 11 is 4.58. The van der Waals surface area contributed by atoms with Gasteiger partial charge in [-0.3, -0.25) is 4.79 Å². The summed E-state index contributed by atoms with van der Waals surface area (Å²) < 4.78 is 0. The third kappa shape index (κ3) is 4.55. The number of nitrogens with zero attached hydrogens (tertiary/aromatic N) is 2. The van der Waals surface area contributed by atoms with Gasteiger partial charge in [0.15, 0.2) is 0 Å². The molecule has 1 aliphatic heterocycles. The number of benzene rings is 2. The molecule has 5 heteroatoms. The maximum absolute atomic E-state index is 12.5. The number of nitrogens with one attached hydrogen (secondary N) is 1. The number of unbranched alkanes of at least 4 members (excludes halogenated alkanes) is 1. The topological polar surface area (TPSA) is 56.1 Å². The van der Waals surface area contributed by atoms with Gasteiger partial charge in [-0.05, 0) is 47.1 Å². The molecule has 2 aromatic carbocycles. The molecule has 1 atom stereocenters. The predicted octanol–water partition coefficient (Wildman–Crippen LogP) is 5.63. The lowest BCUT2D eigenvalue weighted by atomic mass is 9.86. The zero-order valence-corrected chi connectivity index (χ0v) is 19.0. The van der Waals surface area contributed by atoms with Crippen molar-refractivity contribution in [2.45, 2.75) is 58.5 Å². The Balaban J connectivity index is 2.02. The van der Waals surface area contributed by atoms with E-state index in [1.807, 2.05) is 35.2 Å². The lowest BCUT2D eigenvalue weighted by Gasteiger charge is -2.38. The SMILES string of the molecule is CCCCc1ccc(N2C(S)=C(C#N)C(=O)NC2c2ccc(C(C)(C)C)cc2)cc1. The van der Waals surface area contributed by atoms with Crippen LogP contribution in [-0.4, -0.2) is 5.91 Å². The standard InChI is InChI=1S/C25H29N3OS/c1-5-6-7-17-8-14-20(15-9-17)28-22(27-23(29)21(16-26)24(28)30)18-10-12-19(13-11-18)25(2,3)4/h8-15,22,30H,5-7H2,1-4H3,(H,27,29). The number of carbonyl (C=O) groups is 1. The van der Waals surface area contributed by atoms with E-state index < -0.39 is 12.1 Å². The summed E-state index contributed by atoms with van der Waals surface area (Å²) in [6.07, 6.45) is 2.91. The summed E-state index contributed by atoms with van der Waals surface area (Å²) in [6.45, 7) is 8.70. The molecule has 0 saturated carbocycles. The highest BCUT2D eigenvalue weighted by Gasteiger charge is 2.34. The van der Waals surface area contributed by atoms with E-state index in [4.69, 9.17) is 0 Å². The molecule has 0 fully saturated rings. The van der Waals surface area contributed by atoms with Crippen LogP contribution in [0.4, 0.5) is 5.69 Å². The molecule has 1 aliphatic rings. The normalized spacial score (nSPS) is 17.0. The number of rotatable bonds is 5. The molecule has 1 amide bonds. The Morgan fingerprint density at radius 1 is 1.10 bits per heavy atom. The van der Waals surface area contributed by atoms with Crippen LogP contribution in [0.25, 0.3) is 0 Å². The van der Waals surface area contributed by atoms with Crippen molar-refractivity contribution in [2.24, 2.45) is 0 Å². The van der Waals surface area contributed by atoms with Crippen LogP contribution in [0.15, 0.2) is 59.1 Å². The first-order valence-electron chi connectivity index (χ1n) is 10.4. The number of aryl methyl sites for hydroxylation is 1. The Kier molecular flexibility index (Phi) is 6.58. The molecule has 0 aliphatic carbocycles. The van der Waals surface area contributed by atoms with E-state index >= 15 is 0 Å². The molecule has 1 N–H and O–H groups in total. The van der Waals surface area contributed by atoms with Gasteiger partial charge in [-0.2, -0.15) is 5.26 Å². The van der Waals surface area contributed by atoms with Crippen LogP contribution in [0, 0.1) is 11.3 Å². The molecule has 4 nitrogen and oxygen atoms in total. The van der Waals surface area contributed by atoms with Crippen LogP contribution >= 0.6 is 12.6 Å². The largest absolute Gasteiger partial charge is 0.327 e. The minimum Gasteiger partial charge on any atom is -0.327 e. The molecule has 1 heterocycles. The molecule has 156 valence electrons. The van der Waals surface area contributed by atoms with Crippen molar-refractivity contribution in [3.63, 3.8) is 0 Å². The molecule has 0 radical (unpaired) electrons. The molecule has 0 bridgehead atoms. The Morgan fingerprint density at radius 2 is 1.73 bits per heavy atom. The fourth-order valence-corrected chi connectivity index (χ4v) is 3.96. The summed E-state index contributed by atoms with van der Waals surface area (Å²) in [6, 6.07) is 18.5. The number of hydrogen-bond donors (Lipinski definition) is 2. The second kappa shape index (κ2) is 8.97. The van der Waals surface area contributed by atoms with Gasteiger partial charge in [0.05, 0.1) is 5.03 Å². The number of thiol groups is 1. The summed E-state index contributed by atoms with van der Waals surface area (Å²) in [4.78, 5) is 14.4. The first kappa shape index (κ1) is 22.0. The maximum atomic E-state index is 12.5. The van der Waals surface area contributed by atoms with Crippen LogP contribution < -0.4 is 10.2 Å².